The van der Waals surface area contributed by atoms with Crippen LogP contribution in [0.1, 0.15) is 11.5 Å². The Bertz CT molecular complexity index is 2680. The maximum Gasteiger partial charge on any atom is 0.0629 e. The Labute approximate surface area is 317 Å². The lowest BCUT2D eigenvalue weighted by molar-refractivity contribution is 0.745. The molecule has 2 aliphatic rings. The number of hydrogen-bond acceptors (Lipinski definition) is 2. The minimum atomic E-state index is 0.293. The van der Waals surface area contributed by atoms with Gasteiger partial charge in [-0.05, 0) is 103 Å². The Morgan fingerprint density at radius 1 is 0.407 bits per heavy atom. The van der Waals surface area contributed by atoms with Gasteiger partial charge in [0.25, 0.3) is 0 Å². The molecule has 2 atom stereocenters. The van der Waals surface area contributed by atoms with E-state index in [4.69, 9.17) is 0 Å². The van der Waals surface area contributed by atoms with Crippen molar-refractivity contribution in [3.8, 4) is 44.5 Å². The summed E-state index contributed by atoms with van der Waals surface area (Å²) in [5.41, 5.74) is 15.7. The van der Waals surface area contributed by atoms with Crippen LogP contribution in [-0.4, -0.2) is 6.04 Å². The second-order valence-electron chi connectivity index (χ2n) is 14.2. The molecule has 0 amide bonds. The van der Waals surface area contributed by atoms with E-state index in [1.54, 1.807) is 0 Å². The maximum absolute atomic E-state index is 3.65. The molecule has 10 rings (SSSR count). The molecule has 2 heteroatoms. The molecule has 1 N–H and O–H groups in total. The molecule has 0 radical (unpaired) electrons. The molecule has 0 aromatic heterocycles. The van der Waals surface area contributed by atoms with Gasteiger partial charge in [0.15, 0.2) is 0 Å². The minimum Gasteiger partial charge on any atom is -0.356 e. The van der Waals surface area contributed by atoms with Crippen LogP contribution in [-0.2, 0) is 0 Å². The van der Waals surface area contributed by atoms with Crippen LogP contribution >= 0.6 is 0 Å². The quantitative estimate of drug-likeness (QED) is 0.179. The van der Waals surface area contributed by atoms with E-state index in [-0.39, 0.29) is 0 Å². The van der Waals surface area contributed by atoms with Gasteiger partial charge >= 0.3 is 0 Å². The van der Waals surface area contributed by atoms with Gasteiger partial charge in [-0.15, -0.1) is 0 Å². The molecule has 0 spiro atoms. The van der Waals surface area contributed by atoms with Crippen molar-refractivity contribution in [3.05, 3.63) is 218 Å². The van der Waals surface area contributed by atoms with Crippen molar-refractivity contribution in [3.63, 3.8) is 0 Å². The van der Waals surface area contributed by atoms with Crippen molar-refractivity contribution in [2.75, 3.05) is 10.2 Å². The number of nitrogens with one attached hydrogen (secondary N) is 1. The summed E-state index contributed by atoms with van der Waals surface area (Å²) in [4.78, 5) is 2.50. The van der Waals surface area contributed by atoms with Crippen molar-refractivity contribution in [1.82, 2.24) is 0 Å². The normalized spacial score (nSPS) is 15.6. The van der Waals surface area contributed by atoms with Gasteiger partial charge in [0.2, 0.25) is 0 Å². The molecule has 54 heavy (non-hydrogen) atoms. The first kappa shape index (κ1) is 31.8. The second kappa shape index (κ2) is 13.6. The predicted molar refractivity (Wildman–Crippen MR) is 229 cm³/mol. The van der Waals surface area contributed by atoms with Crippen molar-refractivity contribution in [2.45, 2.75) is 12.0 Å². The standard InChI is InChI=1S/C52H38N2/c1-2-12-38(13-3-1)46-22-10-14-40-15-11-23-47(52(40)46)39-30-32-43(33-31-39)53-44-18-8-16-41(34-44)36-26-28-37(29-27-36)42-17-9-19-45(35-42)54-50-24-6-4-20-48(50)49-21-5-7-25-51(49)54/h1-35,48,50,53H. The van der Waals surface area contributed by atoms with Gasteiger partial charge in [-0.2, -0.15) is 0 Å². The fourth-order valence-corrected chi connectivity index (χ4v) is 8.40. The maximum atomic E-state index is 3.65. The fraction of sp³-hybridized carbons (Fsp3) is 0.0385. The zero-order valence-corrected chi connectivity index (χ0v) is 29.8. The molecule has 1 aliphatic heterocycles. The summed E-state index contributed by atoms with van der Waals surface area (Å²) in [6, 6.07) is 68.4. The van der Waals surface area contributed by atoms with Crippen LogP contribution < -0.4 is 10.2 Å². The van der Waals surface area contributed by atoms with Gasteiger partial charge in [0, 0.05) is 28.7 Å². The third kappa shape index (κ3) is 5.79. The topological polar surface area (TPSA) is 15.3 Å². The minimum absolute atomic E-state index is 0.293. The zero-order chi connectivity index (χ0) is 35.8. The summed E-state index contributed by atoms with van der Waals surface area (Å²) in [6.45, 7) is 0. The largest absolute Gasteiger partial charge is 0.356 e. The molecular formula is C52H38N2. The summed E-state index contributed by atoms with van der Waals surface area (Å²) < 4.78 is 0. The van der Waals surface area contributed by atoms with Crippen LogP contribution in [0.25, 0.3) is 55.3 Å². The summed E-state index contributed by atoms with van der Waals surface area (Å²) in [6.07, 6.45) is 9.02. The van der Waals surface area contributed by atoms with Crippen LogP contribution in [0.4, 0.5) is 22.7 Å². The Balaban J connectivity index is 0.881. The van der Waals surface area contributed by atoms with Crippen LogP contribution in [0.15, 0.2) is 212 Å². The molecule has 0 fully saturated rings. The van der Waals surface area contributed by atoms with Crippen molar-refractivity contribution in [1.29, 1.82) is 0 Å². The van der Waals surface area contributed by atoms with E-state index < -0.39 is 0 Å². The van der Waals surface area contributed by atoms with Gasteiger partial charge < -0.3 is 10.2 Å². The third-order valence-electron chi connectivity index (χ3n) is 11.0. The van der Waals surface area contributed by atoms with Gasteiger partial charge in [-0.1, -0.05) is 170 Å². The molecular weight excluding hydrogens is 653 g/mol. The first-order chi connectivity index (χ1) is 26.8. The molecule has 2 unspecified atom stereocenters. The van der Waals surface area contributed by atoms with E-state index >= 15 is 0 Å². The Kier molecular flexibility index (Phi) is 8.00. The Morgan fingerprint density at radius 2 is 1.00 bits per heavy atom. The average molecular weight is 691 g/mol. The second-order valence-corrected chi connectivity index (χ2v) is 14.2. The van der Waals surface area contributed by atoms with Crippen molar-refractivity contribution >= 4 is 33.5 Å². The SMILES string of the molecule is C1=CC2c3ccccc3N(c3cccc(-c4ccc(-c5cccc(Nc6ccc(-c7cccc8cccc(-c9ccccc9)c78)cc6)c5)cc4)c3)C2C=C1. The van der Waals surface area contributed by atoms with Gasteiger partial charge in [-0.3, -0.25) is 0 Å². The highest BCUT2D eigenvalue weighted by Crippen LogP contribution is 2.48. The lowest BCUT2D eigenvalue weighted by Crippen LogP contribution is -2.28. The van der Waals surface area contributed by atoms with Crippen LogP contribution in [0.2, 0.25) is 0 Å². The van der Waals surface area contributed by atoms with E-state index in [9.17, 15) is 0 Å². The molecule has 1 heterocycles. The molecule has 8 aromatic carbocycles. The van der Waals surface area contributed by atoms with E-state index in [0.717, 1.165) is 11.4 Å². The van der Waals surface area contributed by atoms with Gasteiger partial charge in [0.05, 0.1) is 6.04 Å². The molecule has 0 bridgehead atoms. The summed E-state index contributed by atoms with van der Waals surface area (Å²) in [7, 11) is 0. The van der Waals surface area contributed by atoms with Crippen LogP contribution in [0, 0.1) is 0 Å². The first-order valence-electron chi connectivity index (χ1n) is 18.8. The molecule has 0 saturated heterocycles. The predicted octanol–water partition coefficient (Wildman–Crippen LogP) is 14.0. The number of rotatable bonds is 7. The van der Waals surface area contributed by atoms with Gasteiger partial charge in [0.1, 0.15) is 0 Å². The Hall–Kier alpha value is -6.90. The third-order valence-corrected chi connectivity index (χ3v) is 11.0. The number of para-hydroxylation sites is 1. The van der Waals surface area contributed by atoms with E-state index in [1.165, 1.54) is 72.2 Å². The highest BCUT2D eigenvalue weighted by Gasteiger charge is 2.37. The summed E-state index contributed by atoms with van der Waals surface area (Å²) in [5, 5.41) is 6.18. The highest BCUT2D eigenvalue weighted by molar-refractivity contribution is 6.06. The molecule has 256 valence electrons. The number of hydrogen-bond donors (Lipinski definition) is 1. The fourth-order valence-electron chi connectivity index (χ4n) is 8.40. The van der Waals surface area contributed by atoms with Crippen LogP contribution in [0.3, 0.4) is 0 Å². The van der Waals surface area contributed by atoms with Crippen molar-refractivity contribution in [2.24, 2.45) is 0 Å². The first-order valence-corrected chi connectivity index (χ1v) is 18.8. The summed E-state index contributed by atoms with van der Waals surface area (Å²) >= 11 is 0. The number of benzene rings is 8. The van der Waals surface area contributed by atoms with Crippen molar-refractivity contribution < 1.29 is 0 Å². The van der Waals surface area contributed by atoms with E-state index in [0.29, 0.717) is 12.0 Å². The summed E-state index contributed by atoms with van der Waals surface area (Å²) in [5.74, 6) is 0.377. The number of anilines is 4. The zero-order valence-electron chi connectivity index (χ0n) is 29.8. The average Bonchev–Trinajstić information content (AvgIpc) is 3.58. The lowest BCUT2D eigenvalue weighted by Gasteiger charge is -2.29. The highest BCUT2D eigenvalue weighted by atomic mass is 15.2. The lowest BCUT2D eigenvalue weighted by atomic mass is 9.91. The number of fused-ring (bicyclic) bond motifs is 4. The van der Waals surface area contributed by atoms with Crippen LogP contribution in [0.5, 0.6) is 0 Å². The monoisotopic (exact) mass is 690 g/mol. The smallest absolute Gasteiger partial charge is 0.0629 e. The van der Waals surface area contributed by atoms with E-state index in [1.807, 2.05) is 0 Å². The molecule has 0 saturated carbocycles. The Morgan fingerprint density at radius 3 is 1.76 bits per heavy atom. The van der Waals surface area contributed by atoms with Gasteiger partial charge in [-0.25, -0.2) is 0 Å². The molecule has 2 nitrogen and oxygen atoms in total. The number of allylic oxidation sites excluding steroid dienone is 2. The molecule has 1 aliphatic carbocycles. The molecule has 8 aromatic rings. The number of nitrogens with zero attached hydrogens (tertiary/aromatic N) is 1. The van der Waals surface area contributed by atoms with E-state index in [2.05, 4.69) is 223 Å².